The molecule has 0 saturated carbocycles. The Kier molecular flexibility index (Phi) is 3.74. The van der Waals surface area contributed by atoms with Crippen LogP contribution in [-0.2, 0) is 5.54 Å². The lowest BCUT2D eigenvalue weighted by atomic mass is 9.89. The highest BCUT2D eigenvalue weighted by Crippen LogP contribution is 2.36. The Morgan fingerprint density at radius 2 is 2.27 bits per heavy atom. The minimum absolute atomic E-state index is 0.173. The second-order valence-corrected chi connectivity index (χ2v) is 6.12. The van der Waals surface area contributed by atoms with Gasteiger partial charge < -0.3 is 5.73 Å². The van der Waals surface area contributed by atoms with Crippen LogP contribution in [0.1, 0.15) is 19.3 Å². The first-order chi connectivity index (χ1) is 7.27. The molecule has 2 N–H and O–H groups in total. The predicted molar refractivity (Wildman–Crippen MR) is 68.1 cm³/mol. The molecule has 1 aliphatic rings. The van der Waals surface area contributed by atoms with Crippen molar-refractivity contribution in [3.8, 4) is 0 Å². The van der Waals surface area contributed by atoms with E-state index in [-0.39, 0.29) is 5.54 Å². The average Bonchev–Trinajstić information content (AvgIpc) is 2.67. The Labute approximate surface area is 103 Å². The van der Waals surface area contributed by atoms with Crippen LogP contribution in [0.2, 0.25) is 0 Å². The van der Waals surface area contributed by atoms with E-state index >= 15 is 0 Å². The number of aromatic nitrogens is 2. The monoisotopic (exact) mass is 289 g/mol. The average molecular weight is 290 g/mol. The zero-order valence-corrected chi connectivity index (χ0v) is 11.1. The van der Waals surface area contributed by atoms with Gasteiger partial charge in [-0.2, -0.15) is 16.9 Å². The van der Waals surface area contributed by atoms with Crippen molar-refractivity contribution in [1.82, 2.24) is 9.78 Å². The normalized spacial score (nSPS) is 20.4. The third-order valence-electron chi connectivity index (χ3n) is 3.07. The largest absolute Gasteiger partial charge is 0.330 e. The van der Waals surface area contributed by atoms with Gasteiger partial charge in [0.05, 0.1) is 16.2 Å². The standard InChI is InChI=1S/C10H16BrN3S/c11-9-7-13-14(8-9)10(1-4-12)2-5-15-6-3-10/h7-8H,1-6,12H2. The van der Waals surface area contributed by atoms with Crippen molar-refractivity contribution in [1.29, 1.82) is 0 Å². The van der Waals surface area contributed by atoms with Crippen molar-refractivity contribution >= 4 is 27.7 Å². The van der Waals surface area contributed by atoms with Gasteiger partial charge in [-0.25, -0.2) is 0 Å². The lowest BCUT2D eigenvalue weighted by Gasteiger charge is -2.37. The lowest BCUT2D eigenvalue weighted by Crippen LogP contribution is -2.39. The summed E-state index contributed by atoms with van der Waals surface area (Å²) in [5.41, 5.74) is 5.90. The van der Waals surface area contributed by atoms with Crippen LogP contribution in [0.3, 0.4) is 0 Å². The minimum Gasteiger partial charge on any atom is -0.330 e. The molecule has 2 heterocycles. The van der Waals surface area contributed by atoms with Gasteiger partial charge in [0.15, 0.2) is 0 Å². The van der Waals surface area contributed by atoms with Crippen LogP contribution >= 0.6 is 27.7 Å². The van der Waals surface area contributed by atoms with Crippen LogP contribution < -0.4 is 5.73 Å². The molecule has 84 valence electrons. The quantitative estimate of drug-likeness (QED) is 0.928. The van der Waals surface area contributed by atoms with E-state index in [9.17, 15) is 0 Å². The first-order valence-corrected chi connectivity index (χ1v) is 7.20. The number of hydrogen-bond acceptors (Lipinski definition) is 3. The van der Waals surface area contributed by atoms with Crippen LogP contribution in [0.5, 0.6) is 0 Å². The Bertz CT molecular complexity index is 315. The van der Waals surface area contributed by atoms with E-state index in [1.54, 1.807) is 0 Å². The second kappa shape index (κ2) is 4.89. The molecule has 1 fully saturated rings. The van der Waals surface area contributed by atoms with Gasteiger partial charge in [-0.05, 0) is 53.2 Å². The summed E-state index contributed by atoms with van der Waals surface area (Å²) in [6.07, 6.45) is 7.33. The van der Waals surface area contributed by atoms with E-state index in [1.807, 2.05) is 18.0 Å². The van der Waals surface area contributed by atoms with E-state index < -0.39 is 0 Å². The molecule has 0 bridgehead atoms. The zero-order valence-electron chi connectivity index (χ0n) is 8.66. The summed E-state index contributed by atoms with van der Waals surface area (Å²) in [5.74, 6) is 2.44. The molecule has 2 rings (SSSR count). The van der Waals surface area contributed by atoms with Crippen LogP contribution in [0.4, 0.5) is 0 Å². The molecular weight excluding hydrogens is 274 g/mol. The maximum absolute atomic E-state index is 5.73. The molecule has 0 radical (unpaired) electrons. The number of nitrogens with two attached hydrogens (primary N) is 1. The molecule has 0 aromatic carbocycles. The van der Waals surface area contributed by atoms with Crippen LogP contribution in [0, 0.1) is 0 Å². The van der Waals surface area contributed by atoms with Gasteiger partial charge in [0.1, 0.15) is 0 Å². The van der Waals surface area contributed by atoms with E-state index in [2.05, 4.69) is 31.9 Å². The van der Waals surface area contributed by atoms with E-state index in [0.717, 1.165) is 17.4 Å². The maximum Gasteiger partial charge on any atom is 0.0655 e. The molecule has 1 aromatic rings. The Morgan fingerprint density at radius 3 is 2.80 bits per heavy atom. The third kappa shape index (κ3) is 2.40. The Hall–Kier alpha value is -0.0000000000000000555. The maximum atomic E-state index is 5.73. The number of halogens is 1. The van der Waals surface area contributed by atoms with Gasteiger partial charge in [-0.1, -0.05) is 0 Å². The van der Waals surface area contributed by atoms with Crippen molar-refractivity contribution in [2.75, 3.05) is 18.1 Å². The summed E-state index contributed by atoms with van der Waals surface area (Å²) in [7, 11) is 0. The van der Waals surface area contributed by atoms with Gasteiger partial charge in [0.25, 0.3) is 0 Å². The summed E-state index contributed by atoms with van der Waals surface area (Å²) in [6, 6.07) is 0. The SMILES string of the molecule is NCCC1(n2cc(Br)cn2)CCSCC1. The van der Waals surface area contributed by atoms with Gasteiger partial charge in [-0.15, -0.1) is 0 Å². The summed E-state index contributed by atoms with van der Waals surface area (Å²) in [5, 5.41) is 4.44. The molecule has 1 saturated heterocycles. The van der Waals surface area contributed by atoms with Gasteiger partial charge >= 0.3 is 0 Å². The third-order valence-corrected chi connectivity index (χ3v) is 4.47. The van der Waals surface area contributed by atoms with E-state index in [4.69, 9.17) is 5.73 Å². The van der Waals surface area contributed by atoms with Gasteiger partial charge in [-0.3, -0.25) is 4.68 Å². The number of hydrogen-bond donors (Lipinski definition) is 1. The van der Waals surface area contributed by atoms with Crippen molar-refractivity contribution in [3.05, 3.63) is 16.9 Å². The summed E-state index contributed by atoms with van der Waals surface area (Å²) in [4.78, 5) is 0. The van der Waals surface area contributed by atoms with Crippen molar-refractivity contribution in [2.45, 2.75) is 24.8 Å². The highest BCUT2D eigenvalue weighted by molar-refractivity contribution is 9.10. The molecule has 0 amide bonds. The molecule has 3 nitrogen and oxygen atoms in total. The predicted octanol–water partition coefficient (Wildman–Crippen LogP) is 2.22. The number of rotatable bonds is 3. The molecule has 0 atom stereocenters. The molecule has 0 spiro atoms. The summed E-state index contributed by atoms with van der Waals surface area (Å²) >= 11 is 5.49. The molecule has 0 unspecified atom stereocenters. The molecule has 1 aromatic heterocycles. The first-order valence-electron chi connectivity index (χ1n) is 5.25. The molecule has 15 heavy (non-hydrogen) atoms. The summed E-state index contributed by atoms with van der Waals surface area (Å²) < 4.78 is 3.17. The van der Waals surface area contributed by atoms with E-state index in [1.165, 1.54) is 24.3 Å². The second-order valence-electron chi connectivity index (χ2n) is 3.98. The molecule has 1 aliphatic heterocycles. The van der Waals surface area contributed by atoms with Crippen LogP contribution in [0.15, 0.2) is 16.9 Å². The Balaban J connectivity index is 2.24. The summed E-state index contributed by atoms with van der Waals surface area (Å²) in [6.45, 7) is 0.738. The van der Waals surface area contributed by atoms with Crippen LogP contribution in [-0.4, -0.2) is 27.8 Å². The van der Waals surface area contributed by atoms with Crippen molar-refractivity contribution in [3.63, 3.8) is 0 Å². The van der Waals surface area contributed by atoms with Gasteiger partial charge in [0, 0.05) is 6.20 Å². The highest BCUT2D eigenvalue weighted by atomic mass is 79.9. The number of thioether (sulfide) groups is 1. The number of nitrogens with zero attached hydrogens (tertiary/aromatic N) is 2. The molecule has 0 aliphatic carbocycles. The fourth-order valence-electron chi connectivity index (χ4n) is 2.17. The highest BCUT2D eigenvalue weighted by Gasteiger charge is 2.34. The van der Waals surface area contributed by atoms with Gasteiger partial charge in [0.2, 0.25) is 0 Å². The topological polar surface area (TPSA) is 43.8 Å². The fourth-order valence-corrected chi connectivity index (χ4v) is 3.71. The fraction of sp³-hybridized carbons (Fsp3) is 0.700. The van der Waals surface area contributed by atoms with Crippen molar-refractivity contribution < 1.29 is 0 Å². The van der Waals surface area contributed by atoms with Crippen LogP contribution in [0.25, 0.3) is 0 Å². The van der Waals surface area contributed by atoms with Crippen molar-refractivity contribution in [2.24, 2.45) is 5.73 Å². The smallest absolute Gasteiger partial charge is 0.0655 e. The molecular formula is C10H16BrN3S. The lowest BCUT2D eigenvalue weighted by molar-refractivity contribution is 0.218. The molecule has 5 heteroatoms. The Morgan fingerprint density at radius 1 is 1.53 bits per heavy atom. The minimum atomic E-state index is 0.173. The first kappa shape index (κ1) is 11.5. The van der Waals surface area contributed by atoms with E-state index in [0.29, 0.717) is 0 Å². The zero-order chi connectivity index (χ0) is 10.7.